The van der Waals surface area contributed by atoms with E-state index in [-0.39, 0.29) is 5.60 Å². The molecule has 0 aliphatic carbocycles. The summed E-state index contributed by atoms with van der Waals surface area (Å²) < 4.78 is 5.78. The van der Waals surface area contributed by atoms with Crippen LogP contribution >= 0.6 is 0 Å². The van der Waals surface area contributed by atoms with Gasteiger partial charge in [0.1, 0.15) is 5.60 Å². The van der Waals surface area contributed by atoms with Gasteiger partial charge in [0.2, 0.25) is 0 Å². The highest BCUT2D eigenvalue weighted by Gasteiger charge is 2.34. The molecule has 1 aliphatic rings. The normalized spacial score (nSPS) is 23.8. The van der Waals surface area contributed by atoms with Gasteiger partial charge in [-0.15, -0.1) is 0 Å². The number of ether oxygens (including phenoxy) is 1. The first-order valence-electron chi connectivity index (χ1n) is 6.77. The number of hydrogen-bond donors (Lipinski definition) is 1. The van der Waals surface area contributed by atoms with Crippen LogP contribution < -0.4 is 5.32 Å². The fraction of sp³-hybridized carbons (Fsp3) is 0.714. The number of hydrogen-bond acceptors (Lipinski definition) is 4. The molecule has 2 rings (SSSR count). The summed E-state index contributed by atoms with van der Waals surface area (Å²) in [4.78, 5) is 9.00. The molecule has 1 unspecified atom stereocenters. The molecule has 0 aromatic carbocycles. The predicted molar refractivity (Wildman–Crippen MR) is 71.1 cm³/mol. The molecule has 4 heteroatoms. The van der Waals surface area contributed by atoms with Gasteiger partial charge >= 0.3 is 0 Å². The van der Waals surface area contributed by atoms with Crippen LogP contribution in [0.15, 0.2) is 12.3 Å². The molecule has 1 atom stereocenters. The van der Waals surface area contributed by atoms with Crippen molar-refractivity contribution in [2.45, 2.75) is 45.8 Å². The van der Waals surface area contributed by atoms with Gasteiger partial charge < -0.3 is 10.1 Å². The van der Waals surface area contributed by atoms with Crippen LogP contribution in [0.2, 0.25) is 0 Å². The van der Waals surface area contributed by atoms with Crippen LogP contribution in [0.5, 0.6) is 0 Å². The Morgan fingerprint density at radius 1 is 1.50 bits per heavy atom. The molecular formula is C14H23N3O. The summed E-state index contributed by atoms with van der Waals surface area (Å²) in [5, 5.41) is 3.40. The van der Waals surface area contributed by atoms with Crippen molar-refractivity contribution in [2.24, 2.45) is 5.92 Å². The average molecular weight is 249 g/mol. The zero-order valence-corrected chi connectivity index (χ0v) is 11.6. The van der Waals surface area contributed by atoms with Crippen molar-refractivity contribution >= 4 is 0 Å². The summed E-state index contributed by atoms with van der Waals surface area (Å²) in [5.41, 5.74) is 0.756. The first-order valence-corrected chi connectivity index (χ1v) is 6.77. The quantitative estimate of drug-likeness (QED) is 0.869. The molecule has 1 saturated heterocycles. The monoisotopic (exact) mass is 249 g/mol. The Balaban J connectivity index is 2.01. The van der Waals surface area contributed by atoms with Gasteiger partial charge in [-0.1, -0.05) is 13.8 Å². The van der Waals surface area contributed by atoms with Crippen molar-refractivity contribution < 1.29 is 4.74 Å². The summed E-state index contributed by atoms with van der Waals surface area (Å²) in [6.07, 6.45) is 3.94. The SMILES string of the molecule is CC(C)CNCc1ccnc(C2(C)CCCO2)n1. The molecule has 18 heavy (non-hydrogen) atoms. The molecule has 2 heterocycles. The third-order valence-electron chi connectivity index (χ3n) is 3.26. The van der Waals surface area contributed by atoms with Crippen molar-refractivity contribution in [1.82, 2.24) is 15.3 Å². The molecule has 1 aromatic rings. The van der Waals surface area contributed by atoms with Crippen LogP contribution in [-0.4, -0.2) is 23.1 Å². The minimum absolute atomic E-state index is 0.284. The van der Waals surface area contributed by atoms with E-state index in [0.717, 1.165) is 44.1 Å². The van der Waals surface area contributed by atoms with Crippen LogP contribution in [0.3, 0.4) is 0 Å². The topological polar surface area (TPSA) is 47.0 Å². The van der Waals surface area contributed by atoms with Gasteiger partial charge in [-0.3, -0.25) is 0 Å². The van der Waals surface area contributed by atoms with Gasteiger partial charge in [-0.25, -0.2) is 9.97 Å². The van der Waals surface area contributed by atoms with Crippen molar-refractivity contribution in [3.05, 3.63) is 23.8 Å². The van der Waals surface area contributed by atoms with Crippen LogP contribution in [0.25, 0.3) is 0 Å². The Labute approximate surface area is 109 Å². The van der Waals surface area contributed by atoms with E-state index in [1.54, 1.807) is 0 Å². The van der Waals surface area contributed by atoms with Crippen molar-refractivity contribution in [3.8, 4) is 0 Å². The standard InChI is InChI=1S/C14H23N3O/c1-11(2)9-15-10-12-5-7-16-13(17-12)14(3)6-4-8-18-14/h5,7,11,15H,4,6,8-10H2,1-3H3. The Bertz CT molecular complexity index is 386. The number of aromatic nitrogens is 2. The first kappa shape index (κ1) is 13.4. The maximum atomic E-state index is 5.78. The highest BCUT2D eigenvalue weighted by atomic mass is 16.5. The molecule has 0 radical (unpaired) electrons. The molecule has 0 saturated carbocycles. The predicted octanol–water partition coefficient (Wildman–Crippen LogP) is 2.25. The lowest BCUT2D eigenvalue weighted by molar-refractivity contribution is 0.00912. The molecule has 0 bridgehead atoms. The lowest BCUT2D eigenvalue weighted by Crippen LogP contribution is -2.25. The van der Waals surface area contributed by atoms with Gasteiger partial charge in [-0.2, -0.15) is 0 Å². The zero-order valence-electron chi connectivity index (χ0n) is 11.6. The molecule has 1 aromatic heterocycles. The third-order valence-corrected chi connectivity index (χ3v) is 3.26. The summed E-state index contributed by atoms with van der Waals surface area (Å²) in [7, 11) is 0. The Morgan fingerprint density at radius 2 is 2.33 bits per heavy atom. The largest absolute Gasteiger partial charge is 0.367 e. The molecular weight excluding hydrogens is 226 g/mol. The summed E-state index contributed by atoms with van der Waals surface area (Å²) >= 11 is 0. The van der Waals surface area contributed by atoms with Gasteiger partial charge in [0.15, 0.2) is 5.82 Å². The van der Waals surface area contributed by atoms with E-state index in [4.69, 9.17) is 4.74 Å². The van der Waals surface area contributed by atoms with Crippen LogP contribution in [0.4, 0.5) is 0 Å². The molecule has 1 N–H and O–H groups in total. The van der Waals surface area contributed by atoms with E-state index < -0.39 is 0 Å². The Hall–Kier alpha value is -1.00. The van der Waals surface area contributed by atoms with Crippen molar-refractivity contribution in [2.75, 3.05) is 13.2 Å². The highest BCUT2D eigenvalue weighted by molar-refractivity contribution is 5.08. The second-order valence-corrected chi connectivity index (χ2v) is 5.58. The van der Waals surface area contributed by atoms with Crippen molar-refractivity contribution in [3.63, 3.8) is 0 Å². The smallest absolute Gasteiger partial charge is 0.160 e. The second kappa shape index (κ2) is 5.76. The Morgan fingerprint density at radius 3 is 3.00 bits per heavy atom. The lowest BCUT2D eigenvalue weighted by atomic mass is 10.0. The van der Waals surface area contributed by atoms with E-state index in [2.05, 4.69) is 36.1 Å². The van der Waals surface area contributed by atoms with Crippen LogP contribution in [0, 0.1) is 5.92 Å². The highest BCUT2D eigenvalue weighted by Crippen LogP contribution is 2.33. The Kier molecular flexibility index (Phi) is 4.30. The molecule has 100 valence electrons. The minimum atomic E-state index is -0.284. The summed E-state index contributed by atoms with van der Waals surface area (Å²) in [6, 6.07) is 1.97. The van der Waals surface area contributed by atoms with Gasteiger partial charge in [0, 0.05) is 19.3 Å². The zero-order chi connectivity index (χ0) is 13.0. The van der Waals surface area contributed by atoms with E-state index in [9.17, 15) is 0 Å². The van der Waals surface area contributed by atoms with Crippen LogP contribution in [-0.2, 0) is 16.9 Å². The summed E-state index contributed by atoms with van der Waals surface area (Å²) in [6.45, 7) is 9.10. The molecule has 0 spiro atoms. The number of rotatable bonds is 5. The fourth-order valence-corrected chi connectivity index (χ4v) is 2.19. The van der Waals surface area contributed by atoms with Gasteiger partial charge in [0.05, 0.1) is 5.69 Å². The molecule has 0 amide bonds. The molecule has 1 aliphatic heterocycles. The van der Waals surface area contributed by atoms with Crippen molar-refractivity contribution in [1.29, 1.82) is 0 Å². The maximum absolute atomic E-state index is 5.78. The van der Waals surface area contributed by atoms with E-state index >= 15 is 0 Å². The third kappa shape index (κ3) is 3.27. The average Bonchev–Trinajstić information content (AvgIpc) is 2.78. The van der Waals surface area contributed by atoms with Gasteiger partial charge in [0.25, 0.3) is 0 Å². The van der Waals surface area contributed by atoms with Crippen LogP contribution in [0.1, 0.15) is 45.1 Å². The molecule has 4 nitrogen and oxygen atoms in total. The second-order valence-electron chi connectivity index (χ2n) is 5.58. The van der Waals surface area contributed by atoms with Gasteiger partial charge in [-0.05, 0) is 38.3 Å². The lowest BCUT2D eigenvalue weighted by Gasteiger charge is -2.21. The minimum Gasteiger partial charge on any atom is -0.367 e. The number of nitrogens with one attached hydrogen (secondary N) is 1. The maximum Gasteiger partial charge on any atom is 0.160 e. The number of nitrogens with zero attached hydrogens (tertiary/aromatic N) is 2. The van der Waals surface area contributed by atoms with E-state index in [0.29, 0.717) is 5.92 Å². The molecule has 1 fully saturated rings. The summed E-state index contributed by atoms with van der Waals surface area (Å²) in [5.74, 6) is 1.48. The first-order chi connectivity index (χ1) is 8.60. The van der Waals surface area contributed by atoms with E-state index in [1.165, 1.54) is 0 Å². The van der Waals surface area contributed by atoms with E-state index in [1.807, 2.05) is 12.3 Å². The fourth-order valence-electron chi connectivity index (χ4n) is 2.19.